The fourth-order valence-corrected chi connectivity index (χ4v) is 3.56. The van der Waals surface area contributed by atoms with E-state index in [1.54, 1.807) is 12.0 Å². The summed E-state index contributed by atoms with van der Waals surface area (Å²) in [5.74, 6) is 0.400. The molecule has 0 N–H and O–H groups in total. The number of hydrogen-bond acceptors (Lipinski definition) is 4. The van der Waals surface area contributed by atoms with E-state index >= 15 is 0 Å². The van der Waals surface area contributed by atoms with Crippen LogP contribution in [0, 0.1) is 5.92 Å². The lowest BCUT2D eigenvalue weighted by Crippen LogP contribution is -2.49. The molecule has 2 aliphatic heterocycles. The van der Waals surface area contributed by atoms with Gasteiger partial charge in [-0.05, 0) is 52.4 Å². The van der Waals surface area contributed by atoms with Gasteiger partial charge in [0.1, 0.15) is 12.2 Å². The molecular weight excluding hydrogens is 296 g/mol. The average Bonchev–Trinajstić information content (AvgIpc) is 2.95. The number of carbonyl (C=O) groups is 2. The third kappa shape index (κ3) is 4.83. The smallest absolute Gasteiger partial charge is 0.410 e. The van der Waals surface area contributed by atoms with Crippen molar-refractivity contribution < 1.29 is 19.1 Å². The molecule has 6 heteroatoms. The van der Waals surface area contributed by atoms with Gasteiger partial charge in [-0.15, -0.1) is 0 Å². The lowest BCUT2D eigenvalue weighted by molar-refractivity contribution is -0.140. The maximum atomic E-state index is 12.3. The lowest BCUT2D eigenvalue weighted by Gasteiger charge is -2.39. The Morgan fingerprint density at radius 2 is 1.87 bits per heavy atom. The fourth-order valence-electron chi connectivity index (χ4n) is 3.56. The first-order chi connectivity index (χ1) is 10.8. The van der Waals surface area contributed by atoms with Crippen LogP contribution in [-0.4, -0.2) is 66.8 Å². The quantitative estimate of drug-likeness (QED) is 0.798. The third-order valence-corrected chi connectivity index (χ3v) is 4.56. The molecule has 0 aromatic carbocycles. The average molecular weight is 326 g/mol. The molecule has 0 unspecified atom stereocenters. The van der Waals surface area contributed by atoms with Crippen LogP contribution in [0.2, 0.25) is 0 Å². The second kappa shape index (κ2) is 7.51. The molecule has 2 fully saturated rings. The topological polar surface area (TPSA) is 59.1 Å². The fraction of sp³-hybridized carbons (Fsp3) is 0.882. The van der Waals surface area contributed by atoms with Crippen molar-refractivity contribution >= 4 is 12.0 Å². The number of rotatable bonds is 3. The van der Waals surface area contributed by atoms with Gasteiger partial charge >= 0.3 is 6.09 Å². The Morgan fingerprint density at radius 1 is 1.13 bits per heavy atom. The molecule has 0 saturated carbocycles. The normalized spacial score (nSPS) is 25.6. The Morgan fingerprint density at radius 3 is 2.52 bits per heavy atom. The van der Waals surface area contributed by atoms with E-state index in [2.05, 4.69) is 0 Å². The van der Waals surface area contributed by atoms with Crippen molar-refractivity contribution in [1.82, 2.24) is 9.80 Å². The number of hydrogen-bond donors (Lipinski definition) is 0. The van der Waals surface area contributed by atoms with Gasteiger partial charge in [-0.3, -0.25) is 4.79 Å². The van der Waals surface area contributed by atoms with Gasteiger partial charge in [-0.1, -0.05) is 0 Å². The molecule has 23 heavy (non-hydrogen) atoms. The van der Waals surface area contributed by atoms with E-state index in [1.807, 2.05) is 25.7 Å². The number of ether oxygens (including phenoxy) is 2. The van der Waals surface area contributed by atoms with Gasteiger partial charge in [-0.25, -0.2) is 4.79 Å². The predicted molar refractivity (Wildman–Crippen MR) is 87.1 cm³/mol. The van der Waals surface area contributed by atoms with Gasteiger partial charge in [-0.2, -0.15) is 0 Å². The first kappa shape index (κ1) is 18.0. The summed E-state index contributed by atoms with van der Waals surface area (Å²) >= 11 is 0. The summed E-state index contributed by atoms with van der Waals surface area (Å²) in [5.41, 5.74) is -0.472. The highest BCUT2D eigenvalue weighted by Crippen LogP contribution is 2.30. The Kier molecular flexibility index (Phi) is 5.89. The van der Waals surface area contributed by atoms with E-state index in [4.69, 9.17) is 9.47 Å². The molecule has 0 aromatic rings. The van der Waals surface area contributed by atoms with Gasteiger partial charge in [0.15, 0.2) is 0 Å². The second-order valence-electron chi connectivity index (χ2n) is 7.56. The van der Waals surface area contributed by atoms with Crippen molar-refractivity contribution in [3.8, 4) is 0 Å². The molecule has 0 aliphatic carbocycles. The van der Waals surface area contributed by atoms with Crippen molar-refractivity contribution in [2.45, 2.75) is 58.1 Å². The molecule has 2 amide bonds. The molecule has 6 nitrogen and oxygen atoms in total. The number of methoxy groups -OCH3 is 1. The molecule has 0 aromatic heterocycles. The molecule has 2 rings (SSSR count). The van der Waals surface area contributed by atoms with Crippen molar-refractivity contribution in [3.63, 3.8) is 0 Å². The van der Waals surface area contributed by atoms with Gasteiger partial charge < -0.3 is 19.3 Å². The third-order valence-electron chi connectivity index (χ3n) is 4.56. The summed E-state index contributed by atoms with van der Waals surface area (Å²) < 4.78 is 10.5. The van der Waals surface area contributed by atoms with Gasteiger partial charge in [0, 0.05) is 32.8 Å². The number of amides is 2. The first-order valence-electron chi connectivity index (χ1n) is 8.58. The highest BCUT2D eigenvalue weighted by atomic mass is 16.6. The summed E-state index contributed by atoms with van der Waals surface area (Å²) in [4.78, 5) is 28.2. The first-order valence-corrected chi connectivity index (χ1v) is 8.58. The summed E-state index contributed by atoms with van der Waals surface area (Å²) in [7, 11) is 1.55. The molecule has 2 atom stereocenters. The minimum Gasteiger partial charge on any atom is -0.444 e. The van der Waals surface area contributed by atoms with Crippen molar-refractivity contribution in [2.75, 3.05) is 33.4 Å². The van der Waals surface area contributed by atoms with Crippen LogP contribution >= 0.6 is 0 Å². The van der Waals surface area contributed by atoms with E-state index < -0.39 is 5.60 Å². The van der Waals surface area contributed by atoms with Crippen LogP contribution in [0.1, 0.15) is 46.5 Å². The molecule has 0 bridgehead atoms. The van der Waals surface area contributed by atoms with E-state index in [0.29, 0.717) is 19.0 Å². The van der Waals surface area contributed by atoms with Crippen LogP contribution in [0.3, 0.4) is 0 Å². The van der Waals surface area contributed by atoms with Crippen LogP contribution < -0.4 is 0 Å². The Bertz CT molecular complexity index is 433. The van der Waals surface area contributed by atoms with Crippen LogP contribution in [0.25, 0.3) is 0 Å². The molecular formula is C17H30N2O4. The molecule has 132 valence electrons. The Balaban J connectivity index is 1.96. The molecule has 2 aliphatic rings. The van der Waals surface area contributed by atoms with E-state index in [0.717, 1.165) is 32.2 Å². The summed E-state index contributed by atoms with van der Waals surface area (Å²) in [6.07, 6.45) is 3.90. The van der Waals surface area contributed by atoms with Crippen molar-refractivity contribution in [1.29, 1.82) is 0 Å². The van der Waals surface area contributed by atoms with Crippen molar-refractivity contribution in [2.24, 2.45) is 5.92 Å². The van der Waals surface area contributed by atoms with E-state index in [1.165, 1.54) is 0 Å². The Labute approximate surface area is 139 Å². The summed E-state index contributed by atoms with van der Waals surface area (Å²) in [5, 5.41) is 0. The number of nitrogens with zero attached hydrogens (tertiary/aromatic N) is 2. The van der Waals surface area contributed by atoms with Crippen LogP contribution in [-0.2, 0) is 14.3 Å². The van der Waals surface area contributed by atoms with Gasteiger partial charge in [0.2, 0.25) is 5.91 Å². The molecule has 0 radical (unpaired) electrons. The largest absolute Gasteiger partial charge is 0.444 e. The van der Waals surface area contributed by atoms with E-state index in [9.17, 15) is 9.59 Å². The summed E-state index contributed by atoms with van der Waals surface area (Å²) in [6.45, 7) is 7.97. The zero-order valence-corrected chi connectivity index (χ0v) is 14.8. The maximum absolute atomic E-state index is 12.3. The maximum Gasteiger partial charge on any atom is 0.410 e. The molecule has 2 heterocycles. The molecule has 2 saturated heterocycles. The zero-order valence-electron chi connectivity index (χ0n) is 14.8. The predicted octanol–water partition coefficient (Wildman–Crippen LogP) is 2.27. The zero-order chi connectivity index (χ0) is 17.0. The van der Waals surface area contributed by atoms with Crippen molar-refractivity contribution in [3.05, 3.63) is 0 Å². The second-order valence-corrected chi connectivity index (χ2v) is 7.56. The monoisotopic (exact) mass is 326 g/mol. The van der Waals surface area contributed by atoms with Crippen LogP contribution in [0.4, 0.5) is 4.79 Å². The molecule has 0 spiro atoms. The standard InChI is InChI=1S/C17H30N2O4/c1-17(2,3)23-16(21)18-10-8-13(11-18)14-7-5-6-9-19(14)15(20)12-22-4/h13-14H,5-12H2,1-4H3/t13-,14-/m0/s1. The number of likely N-dealkylation sites (tertiary alicyclic amines) is 2. The van der Waals surface area contributed by atoms with Gasteiger partial charge in [0.05, 0.1) is 0 Å². The minimum absolute atomic E-state index is 0.0629. The highest BCUT2D eigenvalue weighted by molar-refractivity contribution is 5.78. The number of piperidine rings is 1. The minimum atomic E-state index is -0.472. The lowest BCUT2D eigenvalue weighted by atomic mass is 9.89. The number of carbonyl (C=O) groups excluding carboxylic acids is 2. The van der Waals surface area contributed by atoms with Gasteiger partial charge in [0.25, 0.3) is 0 Å². The van der Waals surface area contributed by atoms with E-state index in [-0.39, 0.29) is 24.6 Å². The highest BCUT2D eigenvalue weighted by Gasteiger charge is 2.38. The van der Waals surface area contributed by atoms with Crippen LogP contribution in [0.5, 0.6) is 0 Å². The summed E-state index contributed by atoms with van der Waals surface area (Å²) in [6, 6.07) is 0.221. The van der Waals surface area contributed by atoms with Crippen LogP contribution in [0.15, 0.2) is 0 Å². The SMILES string of the molecule is COCC(=O)N1CCCC[C@H]1[C@H]1CCN(C(=O)OC(C)(C)C)C1. The Hall–Kier alpha value is -1.30.